The van der Waals surface area contributed by atoms with Crippen LogP contribution in [-0.4, -0.2) is 0 Å². The number of hydrogen-bond donors (Lipinski definition) is 0. The van der Waals surface area contributed by atoms with E-state index in [1.54, 1.807) is 0 Å². The van der Waals surface area contributed by atoms with E-state index in [4.69, 9.17) is 0 Å². The highest BCUT2D eigenvalue weighted by molar-refractivity contribution is 7.58. The van der Waals surface area contributed by atoms with Gasteiger partial charge < -0.3 is 0 Å². The van der Waals surface area contributed by atoms with Gasteiger partial charge in [-0.1, -0.05) is 71.0 Å². The van der Waals surface area contributed by atoms with Gasteiger partial charge in [-0.15, -0.1) is 0 Å². The predicted octanol–water partition coefficient (Wildman–Crippen LogP) is 4.68. The summed E-state index contributed by atoms with van der Waals surface area (Å²) < 4.78 is 0. The van der Waals surface area contributed by atoms with E-state index < -0.39 is 0 Å². The normalized spacial score (nSPS) is 12.5. The molecule has 0 aliphatic rings. The maximum Gasteiger partial charge on any atom is 0.150 e. The first kappa shape index (κ1) is 15.2. The van der Waals surface area contributed by atoms with E-state index in [-0.39, 0.29) is 10.8 Å². The van der Waals surface area contributed by atoms with E-state index in [1.165, 1.54) is 16.7 Å². The first-order chi connectivity index (χ1) is 9.21. The van der Waals surface area contributed by atoms with Crippen LogP contribution in [0.15, 0.2) is 53.4 Å². The second-order valence-corrected chi connectivity index (χ2v) is 7.61. The van der Waals surface area contributed by atoms with Crippen molar-refractivity contribution in [2.45, 2.75) is 50.3 Å². The quantitative estimate of drug-likeness (QED) is 0.703. The van der Waals surface area contributed by atoms with Crippen molar-refractivity contribution in [3.05, 3.63) is 65.2 Å². The smallest absolute Gasteiger partial charge is 0.0582 e. The van der Waals surface area contributed by atoms with Gasteiger partial charge in [-0.3, -0.25) is 0 Å². The van der Waals surface area contributed by atoms with Gasteiger partial charge in [0.25, 0.3) is 0 Å². The Morgan fingerprint density at radius 3 is 1.35 bits per heavy atom. The molecule has 106 valence electrons. The van der Waals surface area contributed by atoms with Gasteiger partial charge >= 0.3 is 0 Å². The van der Waals surface area contributed by atoms with Gasteiger partial charge in [0.2, 0.25) is 0 Å². The van der Waals surface area contributed by atoms with E-state index in [0.717, 1.165) is 4.90 Å². The minimum Gasteiger partial charge on any atom is -0.0582 e. The Labute approximate surface area is 128 Å². The summed E-state index contributed by atoms with van der Waals surface area (Å²) in [6.45, 7) is 11.3. The minimum atomic E-state index is 0.0241. The summed E-state index contributed by atoms with van der Waals surface area (Å²) in [7, 11) is 0. The van der Waals surface area contributed by atoms with E-state index in [0.29, 0.717) is 0 Å². The average Bonchev–Trinajstić information content (AvgIpc) is 2.38. The maximum atomic E-state index is 3.55. The second-order valence-electron chi connectivity index (χ2n) is 7.03. The van der Waals surface area contributed by atoms with E-state index in [1.807, 2.05) is 0 Å². The number of hydrogen-bond acceptors (Lipinski definition) is 0. The molecule has 2 aromatic rings. The van der Waals surface area contributed by atoms with Crippen molar-refractivity contribution in [2.24, 2.45) is 0 Å². The molecule has 0 aromatic heterocycles. The molecule has 2 rings (SSSR count). The highest BCUT2D eigenvalue weighted by Gasteiger charge is 2.24. The molecule has 2 aromatic carbocycles. The Bertz CT molecular complexity index is 569. The van der Waals surface area contributed by atoms with E-state index in [2.05, 4.69) is 95.8 Å². The molecular formula is C19H25S+. The first-order valence-electron chi connectivity index (χ1n) is 7.14. The fourth-order valence-electron chi connectivity index (χ4n) is 2.44. The molecule has 0 saturated carbocycles. The first-order valence-corrected chi connectivity index (χ1v) is 7.64. The molecule has 0 aliphatic carbocycles. The average molecular weight is 285 g/mol. The SMILES string of the molecule is CC(C)(C)c1ccc(C(C)(C)c2ccc([SH2+])cc2)cc1. The van der Waals surface area contributed by atoms with Crippen LogP contribution >= 0.6 is 0 Å². The summed E-state index contributed by atoms with van der Waals surface area (Å²) in [5, 5.41) is 0. The van der Waals surface area contributed by atoms with Crippen LogP contribution in [-0.2, 0) is 23.5 Å². The molecule has 0 radical (unpaired) electrons. The molecular weight excluding hydrogens is 260 g/mol. The largest absolute Gasteiger partial charge is 0.150 e. The van der Waals surface area contributed by atoms with Crippen molar-refractivity contribution < 1.29 is 0 Å². The van der Waals surface area contributed by atoms with Crippen LogP contribution in [0.5, 0.6) is 0 Å². The zero-order valence-electron chi connectivity index (χ0n) is 13.1. The molecule has 20 heavy (non-hydrogen) atoms. The highest BCUT2D eigenvalue weighted by atomic mass is 32.1. The van der Waals surface area contributed by atoms with Gasteiger partial charge in [0.1, 0.15) is 4.90 Å². The summed E-state index contributed by atoms with van der Waals surface area (Å²) in [4.78, 5) is 1.12. The van der Waals surface area contributed by atoms with Crippen LogP contribution in [0.25, 0.3) is 0 Å². The van der Waals surface area contributed by atoms with Gasteiger partial charge in [-0.2, -0.15) is 0 Å². The fourth-order valence-corrected chi connectivity index (χ4v) is 2.61. The van der Waals surface area contributed by atoms with Crippen LogP contribution in [0.4, 0.5) is 0 Å². The van der Waals surface area contributed by atoms with Crippen molar-refractivity contribution in [1.29, 1.82) is 0 Å². The van der Waals surface area contributed by atoms with Gasteiger partial charge in [0.05, 0.1) is 0 Å². The zero-order valence-corrected chi connectivity index (χ0v) is 14.1. The van der Waals surface area contributed by atoms with E-state index in [9.17, 15) is 0 Å². The lowest BCUT2D eigenvalue weighted by Crippen LogP contribution is -2.19. The van der Waals surface area contributed by atoms with Crippen LogP contribution in [0, 0.1) is 0 Å². The summed E-state index contributed by atoms with van der Waals surface area (Å²) in [6.07, 6.45) is 0. The molecule has 0 heterocycles. The maximum absolute atomic E-state index is 3.55. The van der Waals surface area contributed by atoms with Crippen LogP contribution in [0.3, 0.4) is 0 Å². The summed E-state index contributed by atoms with van der Waals surface area (Å²) in [6, 6.07) is 17.7. The molecule has 1 heteroatoms. The van der Waals surface area contributed by atoms with Crippen LogP contribution < -0.4 is 0 Å². The van der Waals surface area contributed by atoms with Crippen molar-refractivity contribution >= 4 is 12.6 Å². The second kappa shape index (κ2) is 5.29. The Balaban J connectivity index is 2.37. The van der Waals surface area contributed by atoms with Crippen molar-refractivity contribution in [3.63, 3.8) is 0 Å². The van der Waals surface area contributed by atoms with Crippen molar-refractivity contribution in [1.82, 2.24) is 0 Å². The Morgan fingerprint density at radius 2 is 0.950 bits per heavy atom. The third kappa shape index (κ3) is 3.09. The molecule has 0 atom stereocenters. The molecule has 0 N–H and O–H groups in total. The van der Waals surface area contributed by atoms with Crippen LogP contribution in [0.2, 0.25) is 0 Å². The van der Waals surface area contributed by atoms with Crippen molar-refractivity contribution in [2.75, 3.05) is 0 Å². The van der Waals surface area contributed by atoms with Crippen LogP contribution in [0.1, 0.15) is 51.3 Å². The monoisotopic (exact) mass is 285 g/mol. The van der Waals surface area contributed by atoms with Gasteiger partial charge in [-0.05, 0) is 46.9 Å². The Morgan fingerprint density at radius 1 is 0.600 bits per heavy atom. The van der Waals surface area contributed by atoms with Crippen molar-refractivity contribution in [3.8, 4) is 0 Å². The lowest BCUT2D eigenvalue weighted by Gasteiger charge is -2.27. The highest BCUT2D eigenvalue weighted by Crippen LogP contribution is 2.33. The number of benzene rings is 2. The molecule has 0 unspecified atom stereocenters. The minimum absolute atomic E-state index is 0.0241. The summed E-state index contributed by atoms with van der Waals surface area (Å²) in [5.41, 5.74) is 4.30. The van der Waals surface area contributed by atoms with Gasteiger partial charge in [0.15, 0.2) is 0 Å². The summed E-state index contributed by atoms with van der Waals surface area (Å²) in [5.74, 6) is 0. The molecule has 0 saturated heterocycles. The third-order valence-electron chi connectivity index (χ3n) is 4.08. The lowest BCUT2D eigenvalue weighted by molar-refractivity contribution is 0.587. The fraction of sp³-hybridized carbons (Fsp3) is 0.368. The molecule has 0 aliphatic heterocycles. The molecule has 0 nitrogen and oxygen atoms in total. The van der Waals surface area contributed by atoms with Gasteiger partial charge in [0, 0.05) is 5.41 Å². The third-order valence-corrected chi connectivity index (χ3v) is 4.41. The zero-order chi connectivity index (χ0) is 15.0. The van der Waals surface area contributed by atoms with Gasteiger partial charge in [-0.25, -0.2) is 0 Å². The topological polar surface area (TPSA) is 0 Å². The molecule has 0 bridgehead atoms. The predicted molar refractivity (Wildman–Crippen MR) is 92.1 cm³/mol. The Kier molecular flexibility index (Phi) is 4.02. The van der Waals surface area contributed by atoms with E-state index >= 15 is 0 Å². The molecule has 0 fully saturated rings. The Hall–Kier alpha value is -1.21. The molecule has 0 amide bonds. The lowest BCUT2D eigenvalue weighted by atomic mass is 9.77. The standard InChI is InChI=1S/C19H24S/c1-18(2,3)14-6-8-15(9-7-14)19(4,5)16-10-12-17(20)13-11-16/h6-13,20H,1-5H3/p+1. The molecule has 0 spiro atoms. The number of rotatable bonds is 2. The summed E-state index contributed by atoms with van der Waals surface area (Å²) >= 11 is 3.55.